The molecule has 1 saturated heterocycles. The molecule has 2 heterocycles. The number of rotatable bonds is 4. The molecule has 158 valence electrons. The van der Waals surface area contributed by atoms with Crippen molar-refractivity contribution in [2.24, 2.45) is 0 Å². The topological polar surface area (TPSA) is 45.4 Å². The first kappa shape index (κ1) is 21.3. The van der Waals surface area contributed by atoms with E-state index in [4.69, 9.17) is 4.52 Å². The summed E-state index contributed by atoms with van der Waals surface area (Å²) in [4.78, 5) is 8.41. The summed E-state index contributed by atoms with van der Waals surface area (Å²) in [6.07, 6.45) is -7.49. The lowest BCUT2D eigenvalue weighted by Gasteiger charge is -2.31. The summed E-state index contributed by atoms with van der Waals surface area (Å²) < 4.78 is 82.6. The van der Waals surface area contributed by atoms with Crippen molar-refractivity contribution in [1.29, 1.82) is 0 Å². The number of nitrogens with zero attached hydrogens (tertiary/aromatic N) is 4. The van der Waals surface area contributed by atoms with Crippen LogP contribution in [0.15, 0.2) is 22.7 Å². The van der Waals surface area contributed by atoms with Crippen molar-refractivity contribution in [3.63, 3.8) is 0 Å². The summed E-state index contributed by atoms with van der Waals surface area (Å²) in [6.45, 7) is 3.88. The zero-order chi connectivity index (χ0) is 21.2. The van der Waals surface area contributed by atoms with Crippen molar-refractivity contribution in [3.8, 4) is 0 Å². The highest BCUT2D eigenvalue weighted by atomic mass is 19.4. The molecular weight excluding hydrogens is 402 g/mol. The molecule has 1 aliphatic rings. The molecule has 0 radical (unpaired) electrons. The van der Waals surface area contributed by atoms with E-state index < -0.39 is 23.5 Å². The maximum absolute atomic E-state index is 12.9. The quantitative estimate of drug-likeness (QED) is 0.700. The minimum Gasteiger partial charge on any atom is -0.338 e. The number of aromatic nitrogens is 2. The summed E-state index contributed by atoms with van der Waals surface area (Å²) >= 11 is 0. The van der Waals surface area contributed by atoms with Crippen molar-refractivity contribution in [1.82, 2.24) is 19.9 Å². The Morgan fingerprint density at radius 3 is 2.07 bits per heavy atom. The van der Waals surface area contributed by atoms with E-state index in [-0.39, 0.29) is 17.5 Å². The van der Waals surface area contributed by atoms with Crippen LogP contribution < -0.4 is 0 Å². The fourth-order valence-corrected chi connectivity index (χ4v) is 2.84. The number of hydrogen-bond acceptors (Lipinski definition) is 5. The Morgan fingerprint density at radius 2 is 1.52 bits per heavy atom. The van der Waals surface area contributed by atoms with Crippen LogP contribution in [0.5, 0.6) is 0 Å². The SMILES string of the molecule is CN1CCN(Cc2nc(/C=C/c3cc(C(F)(F)F)cc(C(F)(F)F)c3)no2)CC1. The number of piperazine rings is 1. The molecule has 0 saturated carbocycles. The third-order valence-corrected chi connectivity index (χ3v) is 4.47. The number of halogens is 6. The maximum atomic E-state index is 12.9. The molecule has 2 aromatic rings. The van der Waals surface area contributed by atoms with Crippen LogP contribution in [0.2, 0.25) is 0 Å². The van der Waals surface area contributed by atoms with Crippen molar-refractivity contribution in [3.05, 3.63) is 46.6 Å². The lowest BCUT2D eigenvalue weighted by molar-refractivity contribution is -0.143. The fourth-order valence-electron chi connectivity index (χ4n) is 2.84. The monoisotopic (exact) mass is 420 g/mol. The predicted octanol–water partition coefficient (Wildman–Crippen LogP) is 4.03. The molecule has 0 amide bonds. The molecule has 3 rings (SSSR count). The largest absolute Gasteiger partial charge is 0.416 e. The van der Waals surface area contributed by atoms with Crippen LogP contribution in [0.25, 0.3) is 12.2 Å². The molecule has 0 spiro atoms. The minimum atomic E-state index is -4.90. The zero-order valence-corrected chi connectivity index (χ0v) is 15.4. The van der Waals surface area contributed by atoms with E-state index in [0.717, 1.165) is 32.3 Å². The Labute approximate surface area is 162 Å². The number of alkyl halides is 6. The number of benzene rings is 1. The third kappa shape index (κ3) is 5.80. The molecule has 1 aromatic carbocycles. The standard InChI is InChI=1S/C18H18F6N4O/c1-27-4-6-28(7-5-27)11-16-25-15(26-29-16)3-2-12-8-13(17(19,20)21)10-14(9-12)18(22,23)24/h2-3,8-10H,4-7,11H2,1H3/b3-2+. The van der Waals surface area contributed by atoms with Crippen LogP contribution in [-0.4, -0.2) is 53.2 Å². The molecule has 5 nitrogen and oxygen atoms in total. The average molecular weight is 420 g/mol. The van der Waals surface area contributed by atoms with Gasteiger partial charge in [-0.2, -0.15) is 31.3 Å². The van der Waals surface area contributed by atoms with E-state index in [1.165, 1.54) is 6.08 Å². The highest BCUT2D eigenvalue weighted by Crippen LogP contribution is 2.36. The van der Waals surface area contributed by atoms with Gasteiger partial charge >= 0.3 is 12.4 Å². The predicted molar refractivity (Wildman–Crippen MR) is 92.4 cm³/mol. The van der Waals surface area contributed by atoms with E-state index in [9.17, 15) is 26.3 Å². The van der Waals surface area contributed by atoms with Crippen LogP contribution in [0.4, 0.5) is 26.3 Å². The average Bonchev–Trinajstić information content (AvgIpc) is 3.08. The van der Waals surface area contributed by atoms with Gasteiger partial charge in [-0.1, -0.05) is 11.2 Å². The Bertz CT molecular complexity index is 834. The number of hydrogen-bond donors (Lipinski definition) is 0. The van der Waals surface area contributed by atoms with Gasteiger partial charge in [-0.25, -0.2) is 0 Å². The van der Waals surface area contributed by atoms with Gasteiger partial charge in [0, 0.05) is 26.2 Å². The Hall–Kier alpha value is -2.40. The van der Waals surface area contributed by atoms with Gasteiger partial charge in [0.25, 0.3) is 0 Å². The molecule has 1 aromatic heterocycles. The summed E-state index contributed by atoms with van der Waals surface area (Å²) in [5.74, 6) is 0.398. The molecule has 1 aliphatic heterocycles. The van der Waals surface area contributed by atoms with Crippen molar-refractivity contribution >= 4 is 12.2 Å². The van der Waals surface area contributed by atoms with Gasteiger partial charge in [-0.3, -0.25) is 4.90 Å². The second-order valence-electron chi connectivity index (χ2n) is 6.80. The van der Waals surface area contributed by atoms with Gasteiger partial charge in [-0.15, -0.1) is 0 Å². The summed E-state index contributed by atoms with van der Waals surface area (Å²) in [6, 6.07) is 1.35. The van der Waals surface area contributed by atoms with Crippen LogP contribution in [0, 0.1) is 0 Å². The Balaban J connectivity index is 1.75. The van der Waals surface area contributed by atoms with Crippen LogP contribution in [0.1, 0.15) is 28.4 Å². The van der Waals surface area contributed by atoms with Gasteiger partial charge in [-0.05, 0) is 36.9 Å². The van der Waals surface area contributed by atoms with E-state index in [0.29, 0.717) is 24.6 Å². The van der Waals surface area contributed by atoms with Crippen molar-refractivity contribution in [2.45, 2.75) is 18.9 Å². The highest BCUT2D eigenvalue weighted by Gasteiger charge is 2.36. The minimum absolute atomic E-state index is 0.0695. The van der Waals surface area contributed by atoms with Gasteiger partial charge < -0.3 is 9.42 Å². The van der Waals surface area contributed by atoms with Crippen LogP contribution in [-0.2, 0) is 18.9 Å². The lowest BCUT2D eigenvalue weighted by Crippen LogP contribution is -2.43. The van der Waals surface area contributed by atoms with E-state index in [1.807, 2.05) is 7.05 Å². The summed E-state index contributed by atoms with van der Waals surface area (Å²) in [5, 5.41) is 3.70. The highest BCUT2D eigenvalue weighted by molar-refractivity contribution is 5.67. The Kier molecular flexibility index (Phi) is 5.99. The molecule has 1 fully saturated rings. The summed E-state index contributed by atoms with van der Waals surface area (Å²) in [7, 11) is 2.02. The van der Waals surface area contributed by atoms with E-state index >= 15 is 0 Å². The molecule has 11 heteroatoms. The lowest BCUT2D eigenvalue weighted by atomic mass is 10.0. The second-order valence-corrected chi connectivity index (χ2v) is 6.80. The first-order chi connectivity index (χ1) is 13.5. The fraction of sp³-hybridized carbons (Fsp3) is 0.444. The smallest absolute Gasteiger partial charge is 0.338 e. The van der Waals surface area contributed by atoms with Crippen molar-refractivity contribution in [2.75, 3.05) is 33.2 Å². The number of likely N-dealkylation sites (N-methyl/N-ethyl adjacent to an activating group) is 1. The maximum Gasteiger partial charge on any atom is 0.416 e. The molecule has 0 aliphatic carbocycles. The zero-order valence-electron chi connectivity index (χ0n) is 15.4. The summed E-state index contributed by atoms with van der Waals surface area (Å²) in [5.41, 5.74) is -3.02. The Morgan fingerprint density at radius 1 is 0.931 bits per heavy atom. The van der Waals surface area contributed by atoms with Gasteiger partial charge in [0.1, 0.15) is 0 Å². The molecule has 0 atom stereocenters. The molecule has 0 bridgehead atoms. The van der Waals surface area contributed by atoms with E-state index in [1.54, 1.807) is 0 Å². The first-order valence-electron chi connectivity index (χ1n) is 8.72. The molecular formula is C18H18F6N4O. The van der Waals surface area contributed by atoms with Gasteiger partial charge in [0.05, 0.1) is 17.7 Å². The normalized spacial score (nSPS) is 17.3. The molecule has 0 unspecified atom stereocenters. The van der Waals surface area contributed by atoms with Gasteiger partial charge in [0.2, 0.25) is 5.89 Å². The second kappa shape index (κ2) is 8.15. The first-order valence-corrected chi connectivity index (χ1v) is 8.72. The van der Waals surface area contributed by atoms with Crippen molar-refractivity contribution < 1.29 is 30.9 Å². The van der Waals surface area contributed by atoms with E-state index in [2.05, 4.69) is 19.9 Å². The van der Waals surface area contributed by atoms with Crippen LogP contribution in [0.3, 0.4) is 0 Å². The van der Waals surface area contributed by atoms with Crippen LogP contribution >= 0.6 is 0 Å². The third-order valence-electron chi connectivity index (χ3n) is 4.47. The van der Waals surface area contributed by atoms with Gasteiger partial charge in [0.15, 0.2) is 5.82 Å². The molecule has 0 N–H and O–H groups in total. The molecule has 29 heavy (non-hydrogen) atoms.